The molecule has 0 aliphatic heterocycles. The third-order valence-corrected chi connectivity index (χ3v) is 1.16. The number of aromatic nitrogens is 2. The molecule has 0 radical (unpaired) electrons. The number of aliphatic imine (C=N–C) groups is 1. The molecule has 1 aromatic heterocycles. The van der Waals surface area contributed by atoms with E-state index in [2.05, 4.69) is 15.0 Å². The van der Waals surface area contributed by atoms with Crippen molar-refractivity contribution in [1.29, 1.82) is 5.41 Å². The second kappa shape index (κ2) is 3.04. The predicted octanol–water partition coefficient (Wildman–Crippen LogP) is -0.298. The average Bonchev–Trinajstić information content (AvgIpc) is 2.33. The van der Waals surface area contributed by atoms with Crippen LogP contribution < -0.4 is 11.5 Å². The molecule has 1 rings (SSSR count). The van der Waals surface area contributed by atoms with Gasteiger partial charge in [0.2, 0.25) is 0 Å². The number of imidazole rings is 1. The lowest BCUT2D eigenvalue weighted by molar-refractivity contribution is 1.28. The molecule has 0 saturated carbocycles. The monoisotopic (exact) mass is 166 g/mol. The van der Waals surface area contributed by atoms with Gasteiger partial charge < -0.3 is 16.5 Å². The van der Waals surface area contributed by atoms with Crippen LogP contribution in [0.5, 0.6) is 0 Å². The molecule has 1 heterocycles. The third-order valence-electron chi connectivity index (χ3n) is 1.16. The second-order valence-corrected chi connectivity index (χ2v) is 2.27. The van der Waals surface area contributed by atoms with Crippen LogP contribution in [0, 0.1) is 5.41 Å². The van der Waals surface area contributed by atoms with Crippen molar-refractivity contribution in [2.45, 2.75) is 6.92 Å². The van der Waals surface area contributed by atoms with E-state index < -0.39 is 0 Å². The molecule has 1 aromatic rings. The molecule has 0 aliphatic rings. The zero-order valence-electron chi connectivity index (χ0n) is 6.63. The Morgan fingerprint density at radius 1 is 1.67 bits per heavy atom. The number of nitrogens with two attached hydrogens (primary N) is 2. The second-order valence-electron chi connectivity index (χ2n) is 2.27. The Morgan fingerprint density at radius 2 is 2.33 bits per heavy atom. The van der Waals surface area contributed by atoms with Gasteiger partial charge in [-0.05, 0) is 6.92 Å². The summed E-state index contributed by atoms with van der Waals surface area (Å²) in [7, 11) is 0. The van der Waals surface area contributed by atoms with Crippen LogP contribution in [0.15, 0.2) is 11.3 Å². The molecular weight excluding hydrogens is 156 g/mol. The molecule has 0 fully saturated rings. The first kappa shape index (κ1) is 8.25. The van der Waals surface area contributed by atoms with Crippen LogP contribution in [-0.4, -0.2) is 21.6 Å². The fraction of sp³-hybridized carbons (Fsp3) is 0.167. The maximum atomic E-state index is 7.12. The molecule has 0 spiro atoms. The van der Waals surface area contributed by atoms with E-state index in [1.165, 1.54) is 6.33 Å². The van der Waals surface area contributed by atoms with Crippen LogP contribution in [0.25, 0.3) is 0 Å². The lowest BCUT2D eigenvalue weighted by Crippen LogP contribution is -2.12. The van der Waals surface area contributed by atoms with E-state index in [1.807, 2.05) is 0 Å². The van der Waals surface area contributed by atoms with Gasteiger partial charge in [0.05, 0.1) is 12.2 Å². The van der Waals surface area contributed by atoms with Crippen molar-refractivity contribution in [3.8, 4) is 0 Å². The average molecular weight is 166 g/mol. The Balaban J connectivity index is 3.08. The highest BCUT2D eigenvalue weighted by Gasteiger charge is 2.06. The van der Waals surface area contributed by atoms with Gasteiger partial charge in [0.15, 0.2) is 5.82 Å². The molecule has 64 valence electrons. The molecule has 0 unspecified atom stereocenters. The Kier molecular flexibility index (Phi) is 2.09. The number of nitrogens with one attached hydrogen (secondary N) is 2. The predicted molar refractivity (Wildman–Crippen MR) is 46.6 cm³/mol. The van der Waals surface area contributed by atoms with Crippen molar-refractivity contribution < 1.29 is 0 Å². The zero-order valence-corrected chi connectivity index (χ0v) is 6.63. The standard InChI is InChI=1S/C6H10N6/c1-3(7)12-6-4(5(8)9)10-2-11-6/h2H,1H3,(H2,7,12)(H3,8,9)(H,10,11). The first-order chi connectivity index (χ1) is 5.61. The summed E-state index contributed by atoms with van der Waals surface area (Å²) in [6, 6.07) is 0. The van der Waals surface area contributed by atoms with Crippen LogP contribution in [0.4, 0.5) is 5.82 Å². The minimum absolute atomic E-state index is 0.128. The van der Waals surface area contributed by atoms with Crippen molar-refractivity contribution in [3.63, 3.8) is 0 Å². The maximum absolute atomic E-state index is 7.12. The van der Waals surface area contributed by atoms with Gasteiger partial charge in [-0.3, -0.25) is 5.41 Å². The molecule has 0 bridgehead atoms. The van der Waals surface area contributed by atoms with E-state index in [0.29, 0.717) is 17.3 Å². The van der Waals surface area contributed by atoms with Gasteiger partial charge in [0.1, 0.15) is 11.5 Å². The Morgan fingerprint density at radius 3 is 2.83 bits per heavy atom. The summed E-state index contributed by atoms with van der Waals surface area (Å²) in [5.41, 5.74) is 10.9. The lowest BCUT2D eigenvalue weighted by Gasteiger charge is -1.94. The Labute approximate surface area is 69.2 Å². The minimum atomic E-state index is -0.128. The maximum Gasteiger partial charge on any atom is 0.162 e. The van der Waals surface area contributed by atoms with E-state index in [1.54, 1.807) is 6.92 Å². The minimum Gasteiger partial charge on any atom is -0.387 e. The van der Waals surface area contributed by atoms with Gasteiger partial charge in [0.25, 0.3) is 0 Å². The molecule has 0 aromatic carbocycles. The van der Waals surface area contributed by atoms with Crippen LogP contribution in [0.1, 0.15) is 12.6 Å². The molecule has 12 heavy (non-hydrogen) atoms. The van der Waals surface area contributed by atoms with Crippen LogP contribution in [0.2, 0.25) is 0 Å². The highest BCUT2D eigenvalue weighted by Crippen LogP contribution is 2.11. The number of amidine groups is 2. The summed E-state index contributed by atoms with van der Waals surface area (Å²) in [6.07, 6.45) is 1.42. The van der Waals surface area contributed by atoms with Crippen molar-refractivity contribution in [1.82, 2.24) is 9.97 Å². The van der Waals surface area contributed by atoms with Crippen LogP contribution in [0.3, 0.4) is 0 Å². The summed E-state index contributed by atoms with van der Waals surface area (Å²) in [5, 5.41) is 7.12. The van der Waals surface area contributed by atoms with Gasteiger partial charge in [-0.15, -0.1) is 0 Å². The van der Waals surface area contributed by atoms with Crippen LogP contribution >= 0.6 is 0 Å². The number of nitrogen functional groups attached to an aromatic ring is 1. The number of nitrogens with zero attached hydrogens (tertiary/aromatic N) is 2. The zero-order chi connectivity index (χ0) is 9.14. The van der Waals surface area contributed by atoms with E-state index in [0.717, 1.165) is 0 Å². The summed E-state index contributed by atoms with van der Waals surface area (Å²) in [4.78, 5) is 10.4. The largest absolute Gasteiger partial charge is 0.387 e. The lowest BCUT2D eigenvalue weighted by atomic mass is 10.4. The quantitative estimate of drug-likeness (QED) is 0.357. The number of aromatic amines is 1. The number of hydrogen-bond acceptors (Lipinski definition) is 3. The summed E-state index contributed by atoms with van der Waals surface area (Å²) in [5.74, 6) is 0.681. The van der Waals surface area contributed by atoms with Crippen molar-refractivity contribution in [2.75, 3.05) is 0 Å². The molecule has 6 N–H and O–H groups in total. The summed E-state index contributed by atoms with van der Waals surface area (Å²) in [6.45, 7) is 1.64. The third kappa shape index (κ3) is 1.60. The SMILES string of the molecule is C/C(N)=N\c1[nH]cnc1C(=N)N. The first-order valence-corrected chi connectivity index (χ1v) is 3.30. The van der Waals surface area contributed by atoms with Gasteiger partial charge in [-0.2, -0.15) is 0 Å². The number of rotatable bonds is 2. The van der Waals surface area contributed by atoms with Gasteiger partial charge in [-0.25, -0.2) is 9.98 Å². The number of hydrogen-bond donors (Lipinski definition) is 4. The topological polar surface area (TPSA) is 117 Å². The van der Waals surface area contributed by atoms with E-state index in [4.69, 9.17) is 16.9 Å². The molecule has 6 nitrogen and oxygen atoms in total. The first-order valence-electron chi connectivity index (χ1n) is 3.30. The smallest absolute Gasteiger partial charge is 0.162 e. The fourth-order valence-electron chi connectivity index (χ4n) is 0.746. The van der Waals surface area contributed by atoms with Crippen LogP contribution in [-0.2, 0) is 0 Å². The van der Waals surface area contributed by atoms with Gasteiger partial charge in [-0.1, -0.05) is 0 Å². The molecule has 6 heteroatoms. The summed E-state index contributed by atoms with van der Waals surface area (Å²) < 4.78 is 0. The Hall–Kier alpha value is -1.85. The van der Waals surface area contributed by atoms with Gasteiger partial charge in [0, 0.05) is 0 Å². The van der Waals surface area contributed by atoms with E-state index in [-0.39, 0.29) is 5.84 Å². The van der Waals surface area contributed by atoms with Crippen molar-refractivity contribution in [2.24, 2.45) is 16.5 Å². The fourth-order valence-corrected chi connectivity index (χ4v) is 0.746. The highest BCUT2D eigenvalue weighted by molar-refractivity contribution is 5.98. The van der Waals surface area contributed by atoms with Crippen molar-refractivity contribution >= 4 is 17.5 Å². The highest BCUT2D eigenvalue weighted by atomic mass is 15.0. The molecule has 0 atom stereocenters. The van der Waals surface area contributed by atoms with E-state index in [9.17, 15) is 0 Å². The van der Waals surface area contributed by atoms with E-state index >= 15 is 0 Å². The van der Waals surface area contributed by atoms with Gasteiger partial charge >= 0.3 is 0 Å². The Bertz CT molecular complexity index is 319. The molecule has 0 amide bonds. The normalized spacial score (nSPS) is 11.6. The van der Waals surface area contributed by atoms with Crippen molar-refractivity contribution in [3.05, 3.63) is 12.0 Å². The molecule has 0 saturated heterocycles. The molecule has 0 aliphatic carbocycles. The summed E-state index contributed by atoms with van der Waals surface area (Å²) >= 11 is 0. The number of H-pyrrole nitrogens is 1. The molecular formula is C6H10N6.